The Balaban J connectivity index is 1.32. The third-order valence-electron chi connectivity index (χ3n) is 9.25. The summed E-state index contributed by atoms with van der Waals surface area (Å²) in [6.45, 7) is 3.55. The number of primary amides is 1. The van der Waals surface area contributed by atoms with Crippen molar-refractivity contribution in [3.05, 3.63) is 28.9 Å². The van der Waals surface area contributed by atoms with Crippen molar-refractivity contribution in [1.29, 1.82) is 0 Å². The van der Waals surface area contributed by atoms with E-state index in [9.17, 15) is 14.4 Å². The molecule has 8 atom stereocenters. The van der Waals surface area contributed by atoms with E-state index in [-0.39, 0.29) is 12.6 Å². The molecule has 2 aliphatic heterocycles. The molecule has 3 N–H and O–H groups in total. The number of hydrogen-bond donors (Lipinski definition) is 2. The number of hydrogen-bond acceptors (Lipinski definition) is 7. The standard InChI is InChI=1S/C29H36ClN5O5/c1-14-24-13-35(25(14)26(31)36)28(37)15(2)32-29(38)40-23-11-16-10-19(16)18(23)6-4-3-5-7-21-27(39-24)34-22-12-17(30)8-9-20(22)33-21/h8-9,12,14-16,18-19,23-25H,3-7,10-11,13H2,1-2H3,(H2,31,36)(H,32,38)/t14-,15+,16+,18-,19+,23-,24+,25+/m1/s1. The van der Waals surface area contributed by atoms with E-state index in [2.05, 4.69) is 5.32 Å². The number of amides is 3. The van der Waals surface area contributed by atoms with E-state index in [0.29, 0.717) is 40.6 Å². The summed E-state index contributed by atoms with van der Waals surface area (Å²) in [5, 5.41) is 3.24. The zero-order chi connectivity index (χ0) is 28.1. The first kappa shape index (κ1) is 27.1. The van der Waals surface area contributed by atoms with Crippen molar-refractivity contribution in [2.75, 3.05) is 6.54 Å². The van der Waals surface area contributed by atoms with Crippen LogP contribution in [0, 0.1) is 23.7 Å². The molecule has 0 spiro atoms. The minimum Gasteiger partial charge on any atom is -0.471 e. The Hall–Kier alpha value is -3.14. The number of carbonyl (C=O) groups excluding carboxylic acids is 3. The van der Waals surface area contributed by atoms with E-state index in [1.54, 1.807) is 19.1 Å². The van der Waals surface area contributed by atoms with Crippen LogP contribution in [0.2, 0.25) is 5.02 Å². The maximum absolute atomic E-state index is 13.5. The topological polar surface area (TPSA) is 137 Å². The van der Waals surface area contributed by atoms with Gasteiger partial charge in [0, 0.05) is 10.9 Å². The maximum Gasteiger partial charge on any atom is 0.408 e. The predicted molar refractivity (Wildman–Crippen MR) is 148 cm³/mol. The van der Waals surface area contributed by atoms with E-state index in [4.69, 9.17) is 36.8 Å². The van der Waals surface area contributed by atoms with Gasteiger partial charge in [-0.2, -0.15) is 0 Å². The van der Waals surface area contributed by atoms with Gasteiger partial charge in [0.1, 0.15) is 30.0 Å². The number of fused-ring (bicyclic) bond motifs is 7. The maximum atomic E-state index is 13.5. The van der Waals surface area contributed by atoms with Crippen molar-refractivity contribution in [3.8, 4) is 5.88 Å². The molecule has 10 nitrogen and oxygen atoms in total. The molecule has 2 aliphatic carbocycles. The van der Waals surface area contributed by atoms with Crippen molar-refractivity contribution in [2.24, 2.45) is 29.4 Å². The SMILES string of the molecule is C[C@@H]1[C@@H]2CN(C(=O)[C@H](C)NC(=O)O[C@@H]3C[C@@H]4C[C@@H]4[C@H]3CCCCCc3nc4ccc(Cl)cc4nc3O2)[C@@H]1C(N)=O. The molecule has 2 saturated carbocycles. The molecule has 1 aromatic carbocycles. The number of halogens is 1. The van der Waals surface area contributed by atoms with Crippen molar-refractivity contribution in [1.82, 2.24) is 20.2 Å². The molecule has 2 bridgehead atoms. The number of carbonyl (C=O) groups is 3. The number of ether oxygens (including phenoxy) is 2. The average molecular weight is 570 g/mol. The van der Waals surface area contributed by atoms with Crippen LogP contribution in [0.4, 0.5) is 4.79 Å². The lowest BCUT2D eigenvalue weighted by Crippen LogP contribution is -2.53. The van der Waals surface area contributed by atoms with Gasteiger partial charge < -0.3 is 25.4 Å². The number of benzene rings is 1. The number of alkyl carbamates (subject to hydrolysis) is 1. The van der Waals surface area contributed by atoms with E-state index in [0.717, 1.165) is 43.3 Å². The lowest BCUT2D eigenvalue weighted by molar-refractivity contribution is -0.139. The molecule has 3 amide bonds. The van der Waals surface area contributed by atoms with Crippen molar-refractivity contribution >= 4 is 40.5 Å². The molecule has 214 valence electrons. The first-order chi connectivity index (χ1) is 19.2. The molecule has 11 heteroatoms. The largest absolute Gasteiger partial charge is 0.471 e. The van der Waals surface area contributed by atoms with Crippen LogP contribution in [0.3, 0.4) is 0 Å². The van der Waals surface area contributed by atoms with Crippen LogP contribution in [-0.2, 0) is 20.7 Å². The first-order valence-corrected chi connectivity index (χ1v) is 14.8. The van der Waals surface area contributed by atoms with Crippen LogP contribution in [0.25, 0.3) is 11.0 Å². The van der Waals surface area contributed by atoms with E-state index < -0.39 is 42.0 Å². The van der Waals surface area contributed by atoms with E-state index >= 15 is 0 Å². The summed E-state index contributed by atoms with van der Waals surface area (Å²) >= 11 is 6.22. The van der Waals surface area contributed by atoms with E-state index in [1.165, 1.54) is 11.3 Å². The molecule has 0 unspecified atom stereocenters. The van der Waals surface area contributed by atoms with Gasteiger partial charge in [0.15, 0.2) is 0 Å². The summed E-state index contributed by atoms with van der Waals surface area (Å²) in [5.74, 6) is 0.551. The number of nitrogens with zero attached hydrogens (tertiary/aromatic N) is 3. The van der Waals surface area contributed by atoms with Gasteiger partial charge in [-0.3, -0.25) is 9.59 Å². The fourth-order valence-electron chi connectivity index (χ4n) is 7.05. The molecule has 4 aliphatic rings. The average Bonchev–Trinajstić information content (AvgIpc) is 3.47. The zero-order valence-electron chi connectivity index (χ0n) is 22.8. The molecule has 0 radical (unpaired) electrons. The highest BCUT2D eigenvalue weighted by atomic mass is 35.5. The number of rotatable bonds is 1. The predicted octanol–water partition coefficient (Wildman–Crippen LogP) is 3.62. The normalized spacial score (nSPS) is 34.4. The van der Waals surface area contributed by atoms with Gasteiger partial charge in [0.05, 0.1) is 17.6 Å². The molecule has 3 fully saturated rings. The second-order valence-electron chi connectivity index (χ2n) is 11.9. The molecule has 3 heterocycles. The number of aryl methyl sites for hydroxylation is 1. The summed E-state index contributed by atoms with van der Waals surface area (Å²) < 4.78 is 12.3. The zero-order valence-corrected chi connectivity index (χ0v) is 23.6. The summed E-state index contributed by atoms with van der Waals surface area (Å²) in [4.78, 5) is 49.9. The molecular weight excluding hydrogens is 534 g/mol. The Kier molecular flexibility index (Phi) is 7.23. The van der Waals surface area contributed by atoms with Crippen molar-refractivity contribution in [2.45, 2.75) is 83.1 Å². The fraction of sp³-hybridized carbons (Fsp3) is 0.621. The van der Waals surface area contributed by atoms with Gasteiger partial charge >= 0.3 is 6.09 Å². The number of nitrogens with two attached hydrogens (primary N) is 1. The van der Waals surface area contributed by atoms with Crippen molar-refractivity contribution in [3.63, 3.8) is 0 Å². The van der Waals surface area contributed by atoms with Crippen LogP contribution in [0.15, 0.2) is 18.2 Å². The van der Waals surface area contributed by atoms with E-state index in [1.807, 2.05) is 13.0 Å². The van der Waals surface area contributed by atoms with Gasteiger partial charge in [0.25, 0.3) is 0 Å². The van der Waals surface area contributed by atoms with Gasteiger partial charge in [-0.25, -0.2) is 14.8 Å². The third-order valence-corrected chi connectivity index (χ3v) is 9.49. The highest BCUT2D eigenvalue weighted by Gasteiger charge is 2.54. The van der Waals surface area contributed by atoms with Gasteiger partial charge in [-0.05, 0) is 75.0 Å². The Morgan fingerprint density at radius 3 is 2.67 bits per heavy atom. The molecule has 1 aromatic heterocycles. The van der Waals surface area contributed by atoms with Crippen LogP contribution in [0.5, 0.6) is 5.88 Å². The summed E-state index contributed by atoms with van der Waals surface area (Å²) in [7, 11) is 0. The Morgan fingerprint density at radius 2 is 1.88 bits per heavy atom. The van der Waals surface area contributed by atoms with Crippen LogP contribution >= 0.6 is 11.6 Å². The lowest BCUT2D eigenvalue weighted by atomic mass is 9.93. The van der Waals surface area contributed by atoms with Crippen LogP contribution in [-0.4, -0.2) is 63.6 Å². The van der Waals surface area contributed by atoms with Crippen LogP contribution < -0.4 is 15.8 Å². The second-order valence-corrected chi connectivity index (χ2v) is 12.4. The highest BCUT2D eigenvalue weighted by Crippen LogP contribution is 2.57. The Labute approximate surface area is 238 Å². The third kappa shape index (κ3) is 5.18. The number of aromatic nitrogens is 2. The minimum absolute atomic E-state index is 0.122. The van der Waals surface area contributed by atoms with Gasteiger partial charge in [-0.1, -0.05) is 31.4 Å². The second kappa shape index (κ2) is 10.7. The molecule has 40 heavy (non-hydrogen) atoms. The summed E-state index contributed by atoms with van der Waals surface area (Å²) in [6.07, 6.45) is 5.46. The smallest absolute Gasteiger partial charge is 0.408 e. The van der Waals surface area contributed by atoms with Gasteiger partial charge in [0.2, 0.25) is 17.7 Å². The van der Waals surface area contributed by atoms with Gasteiger partial charge in [-0.15, -0.1) is 0 Å². The van der Waals surface area contributed by atoms with Crippen LogP contribution in [0.1, 0.15) is 58.1 Å². The minimum atomic E-state index is -0.897. The Bertz CT molecular complexity index is 1340. The fourth-order valence-corrected chi connectivity index (χ4v) is 7.22. The lowest BCUT2D eigenvalue weighted by Gasteiger charge is -2.28. The molecule has 1 saturated heterocycles. The van der Waals surface area contributed by atoms with Crippen molar-refractivity contribution < 1.29 is 23.9 Å². The quantitative estimate of drug-likeness (QED) is 0.535. The monoisotopic (exact) mass is 569 g/mol. The highest BCUT2D eigenvalue weighted by molar-refractivity contribution is 6.31. The first-order valence-electron chi connectivity index (χ1n) is 14.4. The molecule has 6 rings (SSSR count). The summed E-state index contributed by atoms with van der Waals surface area (Å²) in [6, 6.07) is 3.59. The Morgan fingerprint density at radius 1 is 1.05 bits per heavy atom. The molecular formula is C29H36ClN5O5. The molecule has 2 aromatic rings. The number of nitrogens with one attached hydrogen (secondary N) is 1. The summed E-state index contributed by atoms with van der Waals surface area (Å²) in [5.41, 5.74) is 7.85.